The Balaban J connectivity index is 2.22. The monoisotopic (exact) mass is 370 g/mol. The van der Waals surface area contributed by atoms with Crippen molar-refractivity contribution < 1.29 is 64.7 Å². The molecule has 0 bridgehead atoms. The number of aliphatic hydroxyl groups excluding tert-OH is 6. The van der Waals surface area contributed by atoms with Crippen LogP contribution in [0, 0.1) is 0 Å². The minimum absolute atomic E-state index is 1.70. The van der Waals surface area contributed by atoms with Gasteiger partial charge in [0.1, 0.15) is 36.6 Å². The summed E-state index contributed by atoms with van der Waals surface area (Å²) < 4.78 is 14.4. The van der Waals surface area contributed by atoms with Crippen LogP contribution in [0.4, 0.5) is 0 Å². The summed E-state index contributed by atoms with van der Waals surface area (Å²) in [6.07, 6.45) is -19.9. The molecule has 0 amide bonds. The zero-order valence-electron chi connectivity index (χ0n) is 12.4. The molecule has 0 unspecified atom stereocenters. The average molecular weight is 370 g/mol. The standard InChI is InChI=1S/C12H18O13/c13-1-2(14)7(9(18)19)25-12(5(1)17)24-6-3(15)4(16)11(22)23-8(6)10(20)21/h1-8,11-17,22H,(H,18,19)(H,20,21)/t1-,2-,3+,4-,5-,6-,7+,8-,11+,12+/m0/s1. The van der Waals surface area contributed by atoms with E-state index in [9.17, 15) is 40.2 Å². The van der Waals surface area contributed by atoms with Gasteiger partial charge in [0.15, 0.2) is 24.8 Å². The quantitative estimate of drug-likeness (QED) is 0.232. The van der Waals surface area contributed by atoms with Crippen molar-refractivity contribution in [3.05, 3.63) is 0 Å². The molecule has 2 aliphatic heterocycles. The van der Waals surface area contributed by atoms with Crippen LogP contribution in [-0.4, -0.2) is 114 Å². The SMILES string of the molecule is O=C(O)[C@H]1O[C@@H](O)[C@@H](O)[C@@H](O)[C@@H]1O[C@@H]1O[C@@H](C(=O)O)[C@@H](O)[C@H](O)[C@@H]1O. The van der Waals surface area contributed by atoms with Crippen molar-refractivity contribution in [2.45, 2.75) is 61.4 Å². The Labute approximate surface area is 139 Å². The van der Waals surface area contributed by atoms with E-state index < -0.39 is 73.4 Å². The van der Waals surface area contributed by atoms with Crippen molar-refractivity contribution in [1.29, 1.82) is 0 Å². The van der Waals surface area contributed by atoms with Crippen LogP contribution in [-0.2, 0) is 23.8 Å². The first-order chi connectivity index (χ1) is 11.6. The summed E-state index contributed by atoms with van der Waals surface area (Å²) in [4.78, 5) is 22.2. The second kappa shape index (κ2) is 7.45. The Morgan fingerprint density at radius 1 is 0.680 bits per heavy atom. The highest BCUT2D eigenvalue weighted by molar-refractivity contribution is 5.74. The lowest BCUT2D eigenvalue weighted by atomic mass is 9.96. The van der Waals surface area contributed by atoms with Crippen LogP contribution >= 0.6 is 0 Å². The van der Waals surface area contributed by atoms with Gasteiger partial charge in [-0.2, -0.15) is 0 Å². The highest BCUT2D eigenvalue weighted by Crippen LogP contribution is 2.28. The van der Waals surface area contributed by atoms with E-state index in [1.165, 1.54) is 0 Å². The molecule has 0 aromatic heterocycles. The molecular formula is C12H18O13. The fourth-order valence-electron chi connectivity index (χ4n) is 2.52. The van der Waals surface area contributed by atoms with Crippen LogP contribution in [0.1, 0.15) is 0 Å². The fourth-order valence-corrected chi connectivity index (χ4v) is 2.52. The van der Waals surface area contributed by atoms with E-state index in [1.54, 1.807) is 0 Å². The third-order valence-electron chi connectivity index (χ3n) is 3.91. The summed E-state index contributed by atoms with van der Waals surface area (Å²) in [5.41, 5.74) is 0. The molecule has 0 aromatic rings. The van der Waals surface area contributed by atoms with Crippen LogP contribution in [0.2, 0.25) is 0 Å². The van der Waals surface area contributed by atoms with Crippen LogP contribution < -0.4 is 0 Å². The molecular weight excluding hydrogens is 352 g/mol. The van der Waals surface area contributed by atoms with E-state index in [4.69, 9.17) is 19.7 Å². The van der Waals surface area contributed by atoms with Crippen LogP contribution in [0.15, 0.2) is 0 Å². The van der Waals surface area contributed by atoms with Gasteiger partial charge in [0.2, 0.25) is 0 Å². The van der Waals surface area contributed by atoms with Gasteiger partial charge in [-0.25, -0.2) is 9.59 Å². The number of carboxylic acid groups (broad SMARTS) is 2. The Bertz CT molecular complexity index is 511. The smallest absolute Gasteiger partial charge is 0.335 e. The molecule has 2 saturated heterocycles. The van der Waals surface area contributed by atoms with Gasteiger partial charge >= 0.3 is 11.9 Å². The molecule has 0 saturated carbocycles. The topological polar surface area (TPSA) is 224 Å². The number of hydrogen-bond acceptors (Lipinski definition) is 11. The summed E-state index contributed by atoms with van der Waals surface area (Å²) >= 11 is 0. The summed E-state index contributed by atoms with van der Waals surface area (Å²) in [5, 5.41) is 75.9. The number of rotatable bonds is 4. The molecule has 13 heteroatoms. The minimum Gasteiger partial charge on any atom is -0.479 e. The molecule has 2 aliphatic rings. The van der Waals surface area contributed by atoms with Crippen molar-refractivity contribution in [3.8, 4) is 0 Å². The predicted molar refractivity (Wildman–Crippen MR) is 69.7 cm³/mol. The number of carbonyl (C=O) groups is 2. The first-order valence-corrected chi connectivity index (χ1v) is 7.06. The average Bonchev–Trinajstić information content (AvgIpc) is 2.54. The first-order valence-electron chi connectivity index (χ1n) is 7.06. The number of ether oxygens (including phenoxy) is 3. The summed E-state index contributed by atoms with van der Waals surface area (Å²) in [5.74, 6) is -3.39. The molecule has 2 heterocycles. The highest BCUT2D eigenvalue weighted by Gasteiger charge is 2.53. The maximum absolute atomic E-state index is 11.2. The van der Waals surface area contributed by atoms with E-state index in [0.717, 1.165) is 0 Å². The fraction of sp³-hybridized carbons (Fsp3) is 0.833. The zero-order valence-corrected chi connectivity index (χ0v) is 12.4. The van der Waals surface area contributed by atoms with Crippen molar-refractivity contribution in [3.63, 3.8) is 0 Å². The lowest BCUT2D eigenvalue weighted by Gasteiger charge is -2.44. The second-order valence-corrected chi connectivity index (χ2v) is 5.60. The maximum Gasteiger partial charge on any atom is 0.335 e. The van der Waals surface area contributed by atoms with Gasteiger partial charge in [-0.3, -0.25) is 0 Å². The number of aliphatic hydroxyl groups is 6. The molecule has 10 atom stereocenters. The highest BCUT2D eigenvalue weighted by atomic mass is 16.7. The molecule has 0 radical (unpaired) electrons. The Morgan fingerprint density at radius 3 is 1.76 bits per heavy atom. The third kappa shape index (κ3) is 3.74. The maximum atomic E-state index is 11.2. The van der Waals surface area contributed by atoms with Gasteiger partial charge in [-0.1, -0.05) is 0 Å². The van der Waals surface area contributed by atoms with Crippen LogP contribution in [0.3, 0.4) is 0 Å². The van der Waals surface area contributed by atoms with Gasteiger partial charge in [-0.15, -0.1) is 0 Å². The minimum atomic E-state index is -2.03. The Hall–Kier alpha value is -1.42. The zero-order chi connectivity index (χ0) is 19.0. The van der Waals surface area contributed by atoms with Gasteiger partial charge in [0, 0.05) is 0 Å². The van der Waals surface area contributed by atoms with Crippen molar-refractivity contribution in [2.24, 2.45) is 0 Å². The van der Waals surface area contributed by atoms with E-state index in [2.05, 4.69) is 4.74 Å². The third-order valence-corrected chi connectivity index (χ3v) is 3.91. The second-order valence-electron chi connectivity index (χ2n) is 5.60. The number of aliphatic carboxylic acids is 2. The molecule has 2 fully saturated rings. The van der Waals surface area contributed by atoms with Crippen molar-refractivity contribution >= 4 is 11.9 Å². The molecule has 0 aromatic carbocycles. The molecule has 0 spiro atoms. The molecule has 25 heavy (non-hydrogen) atoms. The van der Waals surface area contributed by atoms with Gasteiger partial charge < -0.3 is 55.1 Å². The summed E-state index contributed by atoms with van der Waals surface area (Å²) in [6.45, 7) is 0. The van der Waals surface area contributed by atoms with Crippen LogP contribution in [0.5, 0.6) is 0 Å². The van der Waals surface area contributed by atoms with Gasteiger partial charge in [0.05, 0.1) is 0 Å². The van der Waals surface area contributed by atoms with Gasteiger partial charge in [0.25, 0.3) is 0 Å². The molecule has 13 nitrogen and oxygen atoms in total. The van der Waals surface area contributed by atoms with Crippen LogP contribution in [0.25, 0.3) is 0 Å². The predicted octanol–water partition coefficient (Wildman–Crippen LogP) is -5.21. The lowest BCUT2D eigenvalue weighted by molar-refractivity contribution is -0.346. The van der Waals surface area contributed by atoms with E-state index in [0.29, 0.717) is 0 Å². The Morgan fingerprint density at radius 2 is 1.24 bits per heavy atom. The Kier molecular flexibility index (Phi) is 5.93. The summed E-state index contributed by atoms with van der Waals surface area (Å²) in [6, 6.07) is 0. The molecule has 0 aliphatic carbocycles. The lowest BCUT2D eigenvalue weighted by Crippen LogP contribution is -2.65. The number of hydrogen-bond donors (Lipinski definition) is 8. The van der Waals surface area contributed by atoms with E-state index in [-0.39, 0.29) is 0 Å². The normalized spacial score (nSPS) is 48.1. The summed E-state index contributed by atoms with van der Waals surface area (Å²) in [7, 11) is 0. The van der Waals surface area contributed by atoms with Crippen molar-refractivity contribution in [2.75, 3.05) is 0 Å². The van der Waals surface area contributed by atoms with E-state index in [1.807, 2.05) is 0 Å². The van der Waals surface area contributed by atoms with Crippen molar-refractivity contribution in [1.82, 2.24) is 0 Å². The first kappa shape index (κ1) is 19.9. The van der Waals surface area contributed by atoms with Gasteiger partial charge in [-0.05, 0) is 0 Å². The molecule has 2 rings (SSSR count). The molecule has 8 N–H and O–H groups in total. The molecule has 144 valence electrons. The largest absolute Gasteiger partial charge is 0.479 e. The number of carboxylic acids is 2. The van der Waals surface area contributed by atoms with E-state index >= 15 is 0 Å².